The van der Waals surface area contributed by atoms with Gasteiger partial charge in [0.15, 0.2) is 21.6 Å². The van der Waals surface area contributed by atoms with E-state index in [1.165, 1.54) is 41.2 Å². The van der Waals surface area contributed by atoms with E-state index in [1.54, 1.807) is 35.7 Å². The van der Waals surface area contributed by atoms with Crippen molar-refractivity contribution in [2.75, 3.05) is 12.0 Å². The minimum atomic E-state index is -1.12. The van der Waals surface area contributed by atoms with Crippen molar-refractivity contribution in [3.8, 4) is 11.5 Å². The number of pyridine rings is 1. The lowest BCUT2D eigenvalue weighted by Gasteiger charge is -2.23. The number of imidazole rings is 1. The quantitative estimate of drug-likeness (QED) is 0.0588. The molecule has 230 valence electrons. The number of hydrogen-bond acceptors (Lipinski definition) is 10. The predicted molar refractivity (Wildman–Crippen MR) is 180 cm³/mol. The van der Waals surface area contributed by atoms with Gasteiger partial charge in [-0.15, -0.1) is 10.2 Å². The van der Waals surface area contributed by atoms with Crippen LogP contribution in [0.25, 0.3) is 22.2 Å². The minimum Gasteiger partial charge on any atom is -0.505 e. The van der Waals surface area contributed by atoms with E-state index in [9.17, 15) is 19.8 Å². The summed E-state index contributed by atoms with van der Waals surface area (Å²) < 4.78 is 7.93. The van der Waals surface area contributed by atoms with E-state index in [0.717, 1.165) is 16.3 Å². The Morgan fingerprint density at radius 2 is 1.85 bits per heavy atom. The zero-order chi connectivity index (χ0) is 32.1. The van der Waals surface area contributed by atoms with E-state index < -0.39 is 17.7 Å². The number of methoxy groups -OCH3 is 1. The fourth-order valence-electron chi connectivity index (χ4n) is 5.69. The maximum absolute atomic E-state index is 13.8. The van der Waals surface area contributed by atoms with Crippen LogP contribution in [0.4, 0.5) is 5.13 Å². The number of fused-ring (bicyclic) bond motifs is 2. The third-order valence-corrected chi connectivity index (χ3v) is 10.5. The number of carbonyl (C=O) groups is 2. The lowest BCUT2D eigenvalue weighted by atomic mass is 9.96. The van der Waals surface area contributed by atoms with Gasteiger partial charge in [0.25, 0.3) is 5.78 Å². The van der Waals surface area contributed by atoms with Crippen molar-refractivity contribution in [1.29, 1.82) is 0 Å². The van der Waals surface area contributed by atoms with Crippen LogP contribution in [0, 0.1) is 6.92 Å². The van der Waals surface area contributed by atoms with Crippen LogP contribution in [0.1, 0.15) is 28.6 Å². The van der Waals surface area contributed by atoms with Gasteiger partial charge < -0.3 is 14.9 Å². The lowest BCUT2D eigenvalue weighted by molar-refractivity contribution is -0.132. The highest BCUT2D eigenvalue weighted by Crippen LogP contribution is 2.47. The fraction of sp³-hybridized carbons (Fsp3) is 0.121. The third-order valence-electron chi connectivity index (χ3n) is 7.79. The van der Waals surface area contributed by atoms with Crippen molar-refractivity contribution in [3.05, 3.63) is 112 Å². The van der Waals surface area contributed by atoms with Crippen LogP contribution in [0.5, 0.6) is 11.5 Å². The van der Waals surface area contributed by atoms with E-state index in [-0.39, 0.29) is 38.1 Å². The molecule has 0 spiro atoms. The molecule has 13 heteroatoms. The molecule has 1 fully saturated rings. The van der Waals surface area contributed by atoms with E-state index in [1.807, 2.05) is 24.3 Å². The number of benzene rings is 3. The highest BCUT2D eigenvalue weighted by atomic mass is 79.9. The summed E-state index contributed by atoms with van der Waals surface area (Å²) in [5, 5.41) is 33.5. The molecule has 1 aliphatic rings. The summed E-state index contributed by atoms with van der Waals surface area (Å²) in [6.45, 7) is 1.72. The summed E-state index contributed by atoms with van der Waals surface area (Å²) in [5.74, 6) is -1.57. The number of halogens is 1. The number of aryl methyl sites for hydroxylation is 1. The van der Waals surface area contributed by atoms with Crippen LogP contribution in [0.2, 0.25) is 0 Å². The zero-order valence-corrected chi connectivity index (χ0v) is 27.6. The Bertz CT molecular complexity index is 2220. The molecule has 3 aromatic heterocycles. The Balaban J connectivity index is 1.33. The van der Waals surface area contributed by atoms with Crippen LogP contribution in [0.3, 0.4) is 0 Å². The molecule has 1 saturated heterocycles. The number of rotatable bonds is 7. The molecule has 0 aliphatic carbocycles. The molecule has 10 nitrogen and oxygen atoms in total. The van der Waals surface area contributed by atoms with Crippen molar-refractivity contribution in [1.82, 2.24) is 19.6 Å². The molecule has 7 rings (SSSR count). The Labute approximate surface area is 279 Å². The highest BCUT2D eigenvalue weighted by Gasteiger charge is 2.49. The molecule has 46 heavy (non-hydrogen) atoms. The number of anilines is 1. The van der Waals surface area contributed by atoms with Crippen molar-refractivity contribution < 1.29 is 24.5 Å². The predicted octanol–water partition coefficient (Wildman–Crippen LogP) is 7.04. The van der Waals surface area contributed by atoms with Gasteiger partial charge in [-0.05, 0) is 69.0 Å². The molecule has 0 saturated carbocycles. The van der Waals surface area contributed by atoms with Gasteiger partial charge in [0.2, 0.25) is 5.13 Å². The fourth-order valence-corrected chi connectivity index (χ4v) is 8.03. The van der Waals surface area contributed by atoms with E-state index >= 15 is 0 Å². The molecule has 1 amide bonds. The SMILES string of the molecule is COc1cc(C2/C(=C(\O)c3c(C)nc4ccccn34)C(=O)C(=O)N2c2nnc(SCc3cccc4ccccc34)s2)cc(Br)c1O. The van der Waals surface area contributed by atoms with Gasteiger partial charge in [0.1, 0.15) is 11.3 Å². The number of nitrogens with zero attached hydrogens (tertiary/aromatic N) is 5. The normalized spacial score (nSPS) is 16.2. The van der Waals surface area contributed by atoms with Gasteiger partial charge in [-0.25, -0.2) is 4.98 Å². The van der Waals surface area contributed by atoms with Gasteiger partial charge in [-0.3, -0.25) is 18.9 Å². The first-order valence-electron chi connectivity index (χ1n) is 14.0. The number of Topliss-reactive ketones (excluding diaryl/α,β-unsaturated/α-hetero) is 1. The number of aliphatic hydroxyl groups excluding tert-OH is 1. The zero-order valence-electron chi connectivity index (χ0n) is 24.3. The molecule has 1 atom stereocenters. The summed E-state index contributed by atoms with van der Waals surface area (Å²) in [5.41, 5.74) is 2.70. The number of phenols is 1. The number of hydrogen-bond donors (Lipinski definition) is 2. The molecule has 0 bridgehead atoms. The monoisotopic (exact) mass is 713 g/mol. The van der Waals surface area contributed by atoms with E-state index in [0.29, 0.717) is 27.0 Å². The second-order valence-electron chi connectivity index (χ2n) is 10.5. The van der Waals surface area contributed by atoms with Crippen LogP contribution < -0.4 is 9.64 Å². The van der Waals surface area contributed by atoms with Crippen molar-refractivity contribution in [2.24, 2.45) is 0 Å². The van der Waals surface area contributed by atoms with E-state index in [4.69, 9.17) is 4.74 Å². The Morgan fingerprint density at radius 3 is 2.67 bits per heavy atom. The first kappa shape index (κ1) is 30.0. The Morgan fingerprint density at radius 1 is 1.07 bits per heavy atom. The molecular formula is C33H24BrN5O5S2. The maximum Gasteiger partial charge on any atom is 0.301 e. The number of phenolic OH excluding ortho intramolecular Hbond substituents is 1. The summed E-state index contributed by atoms with van der Waals surface area (Å²) in [4.78, 5) is 33.4. The number of ketones is 1. The number of aliphatic hydroxyl groups is 1. The first-order chi connectivity index (χ1) is 22.3. The average Bonchev–Trinajstić information content (AvgIpc) is 3.74. The third kappa shape index (κ3) is 5.00. The molecule has 0 radical (unpaired) electrons. The maximum atomic E-state index is 13.8. The topological polar surface area (TPSA) is 130 Å². The molecule has 3 aromatic carbocycles. The summed E-state index contributed by atoms with van der Waals surface area (Å²) in [6, 6.07) is 21.6. The van der Waals surface area contributed by atoms with Gasteiger partial charge in [-0.2, -0.15) is 0 Å². The van der Waals surface area contributed by atoms with Crippen LogP contribution in [0.15, 0.2) is 93.4 Å². The second kappa shape index (κ2) is 11.9. The Kier molecular flexibility index (Phi) is 7.75. The molecule has 1 unspecified atom stereocenters. The largest absolute Gasteiger partial charge is 0.505 e. The second-order valence-corrected chi connectivity index (χ2v) is 13.5. The van der Waals surface area contributed by atoms with E-state index in [2.05, 4.69) is 55.4 Å². The molecule has 1 aliphatic heterocycles. The number of amides is 1. The number of ether oxygens (including phenoxy) is 1. The number of thioether (sulfide) groups is 1. The highest BCUT2D eigenvalue weighted by molar-refractivity contribution is 9.10. The van der Waals surface area contributed by atoms with Gasteiger partial charge in [-0.1, -0.05) is 71.6 Å². The smallest absolute Gasteiger partial charge is 0.301 e. The van der Waals surface area contributed by atoms with Gasteiger partial charge in [0, 0.05) is 11.9 Å². The summed E-state index contributed by atoms with van der Waals surface area (Å²) >= 11 is 6.00. The Hall–Kier alpha value is -4.72. The number of carbonyl (C=O) groups excluding carboxylic acids is 2. The van der Waals surface area contributed by atoms with Crippen molar-refractivity contribution in [2.45, 2.75) is 23.1 Å². The number of aromatic nitrogens is 4. The summed E-state index contributed by atoms with van der Waals surface area (Å²) in [6.07, 6.45) is 1.72. The van der Waals surface area contributed by atoms with Gasteiger partial charge >= 0.3 is 5.91 Å². The molecule has 2 N–H and O–H groups in total. The average molecular weight is 715 g/mol. The standard InChI is InChI=1S/C33H24BrN5O5S2/c1-17-26(38-13-6-5-12-24(38)35-17)29(41)25-27(20-14-22(34)28(40)23(15-20)44-2)39(31(43)30(25)42)32-36-37-33(46-32)45-16-19-10-7-9-18-8-3-4-11-21(18)19/h3-15,27,40-41H,16H2,1-2H3/b29-25+. The summed E-state index contributed by atoms with van der Waals surface area (Å²) in [7, 11) is 1.40. The van der Waals surface area contributed by atoms with Crippen LogP contribution >= 0.6 is 39.0 Å². The van der Waals surface area contributed by atoms with Gasteiger partial charge in [0.05, 0.1) is 28.9 Å². The van der Waals surface area contributed by atoms with Crippen LogP contribution in [-0.2, 0) is 15.3 Å². The molecule has 6 aromatic rings. The van der Waals surface area contributed by atoms with Crippen molar-refractivity contribution in [3.63, 3.8) is 0 Å². The minimum absolute atomic E-state index is 0.115. The lowest BCUT2D eigenvalue weighted by Crippen LogP contribution is -2.29. The van der Waals surface area contributed by atoms with Crippen molar-refractivity contribution >= 4 is 78.0 Å². The molecular weight excluding hydrogens is 690 g/mol. The first-order valence-corrected chi connectivity index (χ1v) is 16.6. The van der Waals surface area contributed by atoms with Crippen LogP contribution in [-0.4, -0.2) is 48.6 Å². The number of aromatic hydroxyl groups is 1. The molecule has 4 heterocycles.